The van der Waals surface area contributed by atoms with Crippen LogP contribution in [0.15, 0.2) is 23.3 Å². The smallest absolute Gasteiger partial charge is 0.187 e. The van der Waals surface area contributed by atoms with E-state index in [1.54, 1.807) is 0 Å². The average molecular weight is 1130 g/mol. The molecule has 77 heavy (non-hydrogen) atoms. The van der Waals surface area contributed by atoms with Gasteiger partial charge in [0.15, 0.2) is 31.5 Å². The van der Waals surface area contributed by atoms with E-state index in [9.17, 15) is 102 Å². The third-order valence-corrected chi connectivity index (χ3v) is 15.3. The fraction of sp³-hybridized carbons (Fsp3) is 0.911. The van der Waals surface area contributed by atoms with Crippen LogP contribution in [-0.4, -0.2) is 344 Å². The maximum Gasteiger partial charge on any atom is 0.187 e. The van der Waals surface area contributed by atoms with Gasteiger partial charge in [-0.05, 0) is 25.0 Å². The first kappa shape index (κ1) is 62.8. The number of aliphatic hydroxyl groups excluding tert-OH is 20. The molecule has 7 aliphatic rings. The Morgan fingerprint density at radius 1 is 0.390 bits per heavy atom. The van der Waals surface area contributed by atoms with E-state index < -0.39 is 235 Å². The fourth-order valence-corrected chi connectivity index (χ4v) is 10.7. The lowest BCUT2D eigenvalue weighted by atomic mass is 9.86. The van der Waals surface area contributed by atoms with Gasteiger partial charge in [0.1, 0.15) is 134 Å². The SMILES string of the molecule is CO[C@@H]1OC(CO)[C@H](O[C@@H]2OC(CO)[C@H](O[C@@H]3OC(C)[C@H](N[C@@H]4C=C(CO)[C@H](O[C@@H]5OC(CO)[C@H](O[C@@H]6OC(C)[C@H](N[C@@H]7C=C(CO)[C@H](O)[C@H](O)C7O)[C@H](O)C6O)[C@H](O)C5O)[C@H](O)C4O)[C@H](O)C3O)[C@H](O)C2O)[C@H](O)C1O. The molecule has 22 N–H and O–H groups in total. The zero-order valence-electron chi connectivity index (χ0n) is 41.8. The van der Waals surface area contributed by atoms with Crippen LogP contribution < -0.4 is 10.6 Å². The molecular formula is C45H76N2O30. The Labute approximate surface area is 438 Å². The standard InChI is InChI=1S/C45H76N2O30/c1-11-20(46-15-4-13(6-48)22(53)27(58)23(15)54)25(56)32(63)42(69-11)75-39-18(9-51)72-44(35(66)30(39)61)74-37-14(7-49)5-16(24(55)28(37)59)47-21-12(2)70-43(33(64)26(21)57)76-40-19(10-52)73-45(36(67)31(40)62)77-38-17(8-50)71-41(68-3)34(65)29(38)60/h4-5,11-12,15-67H,6-10H2,1-3H3/t11?,12?,15-,16-,17?,18?,19?,20+,21+,22+,23?,24?,25+,26+,27+,28-,29-,30-,31-,32?,33?,34?,35?,36?,37+,38+,39+,40+,41-,42+,43+,44+,45+/m1/s1. The van der Waals surface area contributed by atoms with Gasteiger partial charge in [0, 0.05) is 7.11 Å². The van der Waals surface area contributed by atoms with E-state index in [0.29, 0.717) is 0 Å². The molecule has 0 saturated carbocycles. The number of rotatable bonds is 18. The summed E-state index contributed by atoms with van der Waals surface area (Å²) >= 11 is 0. The van der Waals surface area contributed by atoms with Crippen LogP contribution in [0.25, 0.3) is 0 Å². The summed E-state index contributed by atoms with van der Waals surface area (Å²) in [6, 6.07) is -4.95. The monoisotopic (exact) mass is 1120 g/mol. The maximum absolute atomic E-state index is 11.4. The minimum Gasteiger partial charge on any atom is -0.394 e. The molecule has 0 aromatic rings. The molecule has 33 atom stereocenters. The highest BCUT2D eigenvalue weighted by Crippen LogP contribution is 2.36. The van der Waals surface area contributed by atoms with Crippen molar-refractivity contribution in [3.05, 3.63) is 23.3 Å². The van der Waals surface area contributed by atoms with Crippen LogP contribution in [-0.2, 0) is 47.4 Å². The molecule has 446 valence electrons. The number of nitrogens with one attached hydrogen (secondary N) is 2. The molecule has 0 spiro atoms. The van der Waals surface area contributed by atoms with E-state index in [-0.39, 0.29) is 11.1 Å². The van der Waals surface area contributed by atoms with Crippen molar-refractivity contribution in [2.75, 3.05) is 40.1 Å². The van der Waals surface area contributed by atoms with Crippen LogP contribution in [0.5, 0.6) is 0 Å². The van der Waals surface area contributed by atoms with E-state index in [2.05, 4.69) is 10.6 Å². The summed E-state index contributed by atoms with van der Waals surface area (Å²) in [6.07, 6.45) is -47.0. The van der Waals surface area contributed by atoms with Crippen LogP contribution in [0.1, 0.15) is 13.8 Å². The van der Waals surface area contributed by atoms with Crippen LogP contribution in [0, 0.1) is 0 Å². The maximum atomic E-state index is 11.4. The summed E-state index contributed by atoms with van der Waals surface area (Å²) in [5.74, 6) is 0. The second-order valence-corrected chi connectivity index (χ2v) is 20.2. The lowest BCUT2D eigenvalue weighted by molar-refractivity contribution is -0.375. The highest BCUT2D eigenvalue weighted by molar-refractivity contribution is 5.24. The minimum absolute atomic E-state index is 0.0181. The summed E-state index contributed by atoms with van der Waals surface area (Å²) in [5.41, 5.74) is -0.158. The molecule has 0 radical (unpaired) electrons. The number of ether oxygens (including phenoxy) is 10. The molecule has 0 amide bonds. The summed E-state index contributed by atoms with van der Waals surface area (Å²) in [6.45, 7) is -1.24. The first-order chi connectivity index (χ1) is 36.5. The van der Waals surface area contributed by atoms with E-state index in [1.807, 2.05) is 0 Å². The van der Waals surface area contributed by atoms with Gasteiger partial charge >= 0.3 is 0 Å². The first-order valence-corrected chi connectivity index (χ1v) is 25.1. The Kier molecular flexibility index (Phi) is 21.7. The second kappa shape index (κ2) is 26.6. The van der Waals surface area contributed by atoms with Crippen LogP contribution in [0.4, 0.5) is 0 Å². The third-order valence-electron chi connectivity index (χ3n) is 15.3. The van der Waals surface area contributed by atoms with Gasteiger partial charge in [0.2, 0.25) is 0 Å². The van der Waals surface area contributed by atoms with Crippen molar-refractivity contribution < 1.29 is 149 Å². The molecule has 5 heterocycles. The van der Waals surface area contributed by atoms with Crippen molar-refractivity contribution in [2.24, 2.45) is 0 Å². The van der Waals surface area contributed by atoms with Gasteiger partial charge in [0.25, 0.3) is 0 Å². The van der Waals surface area contributed by atoms with E-state index in [1.165, 1.54) is 33.1 Å². The van der Waals surface area contributed by atoms with Gasteiger partial charge in [0.05, 0.1) is 69.4 Å². The second-order valence-electron chi connectivity index (χ2n) is 20.2. The van der Waals surface area contributed by atoms with E-state index in [0.717, 1.165) is 0 Å². The summed E-state index contributed by atoms with van der Waals surface area (Å²) in [7, 11) is 1.18. The number of methoxy groups -OCH3 is 1. The summed E-state index contributed by atoms with van der Waals surface area (Å²) < 4.78 is 56.4. The Hall–Kier alpha value is -1.80. The minimum atomic E-state index is -2.06. The Bertz CT molecular complexity index is 1930. The third kappa shape index (κ3) is 12.7. The van der Waals surface area contributed by atoms with Gasteiger partial charge in [-0.25, -0.2) is 0 Å². The van der Waals surface area contributed by atoms with Gasteiger partial charge in [-0.15, -0.1) is 0 Å². The van der Waals surface area contributed by atoms with Gasteiger partial charge in [-0.3, -0.25) is 0 Å². The van der Waals surface area contributed by atoms with Crippen molar-refractivity contribution in [1.82, 2.24) is 10.6 Å². The molecule has 0 aromatic carbocycles. The molecule has 32 heteroatoms. The van der Waals surface area contributed by atoms with Gasteiger partial charge < -0.3 is 160 Å². The zero-order chi connectivity index (χ0) is 56.6. The van der Waals surface area contributed by atoms with Crippen molar-refractivity contribution in [3.63, 3.8) is 0 Å². The molecule has 5 saturated heterocycles. The van der Waals surface area contributed by atoms with Gasteiger partial charge in [-0.2, -0.15) is 0 Å². The molecule has 12 unspecified atom stereocenters. The molecular weight excluding hydrogens is 1050 g/mol. The van der Waals surface area contributed by atoms with Crippen molar-refractivity contribution in [2.45, 2.75) is 216 Å². The number of aliphatic hydroxyl groups is 20. The lowest BCUT2D eigenvalue weighted by Crippen LogP contribution is -2.69. The number of hydrogen-bond donors (Lipinski definition) is 22. The van der Waals surface area contributed by atoms with Crippen molar-refractivity contribution >= 4 is 0 Å². The largest absolute Gasteiger partial charge is 0.394 e. The number of hydrogen-bond acceptors (Lipinski definition) is 32. The summed E-state index contributed by atoms with van der Waals surface area (Å²) in [4.78, 5) is 0. The normalized spacial score (nSPS) is 52.0. The molecule has 7 rings (SSSR count). The van der Waals surface area contributed by atoms with Gasteiger partial charge in [-0.1, -0.05) is 12.2 Å². The van der Waals surface area contributed by atoms with Crippen molar-refractivity contribution in [3.8, 4) is 0 Å². The molecule has 5 aliphatic heterocycles. The fourth-order valence-electron chi connectivity index (χ4n) is 10.7. The highest BCUT2D eigenvalue weighted by Gasteiger charge is 2.56. The van der Waals surface area contributed by atoms with Crippen LogP contribution in [0.2, 0.25) is 0 Å². The molecule has 32 nitrogen and oxygen atoms in total. The molecule has 2 aliphatic carbocycles. The van der Waals surface area contributed by atoms with Crippen molar-refractivity contribution in [1.29, 1.82) is 0 Å². The van der Waals surface area contributed by atoms with Crippen LogP contribution >= 0.6 is 0 Å². The predicted molar refractivity (Wildman–Crippen MR) is 244 cm³/mol. The molecule has 0 bridgehead atoms. The lowest BCUT2D eigenvalue weighted by Gasteiger charge is -2.49. The quantitative estimate of drug-likeness (QED) is 0.0567. The molecule has 0 aromatic heterocycles. The van der Waals surface area contributed by atoms with E-state index in [4.69, 9.17) is 47.4 Å². The average Bonchev–Trinajstić information content (AvgIpc) is 3.42. The Morgan fingerprint density at radius 2 is 0.727 bits per heavy atom. The Morgan fingerprint density at radius 3 is 1.12 bits per heavy atom. The predicted octanol–water partition coefficient (Wildman–Crippen LogP) is -13.3. The highest BCUT2D eigenvalue weighted by atomic mass is 16.8. The summed E-state index contributed by atoms with van der Waals surface area (Å²) in [5, 5.41) is 221. The Balaban J connectivity index is 0.949. The topological polar surface area (TPSA) is 521 Å². The first-order valence-electron chi connectivity index (χ1n) is 25.1. The van der Waals surface area contributed by atoms with Crippen LogP contribution in [0.3, 0.4) is 0 Å². The molecule has 5 fully saturated rings. The van der Waals surface area contributed by atoms with E-state index >= 15 is 0 Å². The zero-order valence-corrected chi connectivity index (χ0v) is 41.8.